The van der Waals surface area contributed by atoms with E-state index in [2.05, 4.69) is 18.7 Å². The van der Waals surface area contributed by atoms with Crippen LogP contribution in [0.3, 0.4) is 0 Å². The van der Waals surface area contributed by atoms with Gasteiger partial charge >= 0.3 is 0 Å². The van der Waals surface area contributed by atoms with Crippen LogP contribution in [0.1, 0.15) is 19.4 Å². The standard InChI is InChI=1S/C17H19ClFNO/c1-3-20(4-2)13-7-5-8-14(11-13)21-12-15-16(18)9-6-10-17(15)19/h5-11H,3-4,12H2,1-2H3. The quantitative estimate of drug-likeness (QED) is 0.752. The first-order valence-corrected chi connectivity index (χ1v) is 7.44. The molecule has 0 amide bonds. The van der Waals surface area contributed by atoms with E-state index >= 15 is 0 Å². The van der Waals surface area contributed by atoms with E-state index in [9.17, 15) is 4.39 Å². The third-order valence-corrected chi connectivity index (χ3v) is 3.75. The predicted molar refractivity (Wildman–Crippen MR) is 85.7 cm³/mol. The van der Waals surface area contributed by atoms with Gasteiger partial charge in [0.2, 0.25) is 0 Å². The van der Waals surface area contributed by atoms with Crippen LogP contribution in [0.5, 0.6) is 5.75 Å². The van der Waals surface area contributed by atoms with Crippen LogP contribution in [0, 0.1) is 5.82 Å². The largest absolute Gasteiger partial charge is 0.489 e. The summed E-state index contributed by atoms with van der Waals surface area (Å²) in [6.45, 7) is 6.19. The molecule has 2 rings (SSSR count). The van der Waals surface area contributed by atoms with Crippen molar-refractivity contribution in [1.29, 1.82) is 0 Å². The van der Waals surface area contributed by atoms with Crippen LogP contribution in [0.2, 0.25) is 5.02 Å². The second kappa shape index (κ2) is 7.32. The molecule has 112 valence electrons. The molecule has 0 spiro atoms. The molecule has 2 aromatic carbocycles. The Labute approximate surface area is 130 Å². The lowest BCUT2D eigenvalue weighted by Crippen LogP contribution is -2.21. The summed E-state index contributed by atoms with van der Waals surface area (Å²) in [6.07, 6.45) is 0. The van der Waals surface area contributed by atoms with Crippen molar-refractivity contribution in [3.05, 3.63) is 58.9 Å². The zero-order chi connectivity index (χ0) is 15.2. The van der Waals surface area contributed by atoms with Crippen LogP contribution in [0.15, 0.2) is 42.5 Å². The van der Waals surface area contributed by atoms with Crippen LogP contribution >= 0.6 is 11.6 Å². The van der Waals surface area contributed by atoms with Gasteiger partial charge in [-0.15, -0.1) is 0 Å². The number of ether oxygens (including phenoxy) is 1. The van der Waals surface area contributed by atoms with E-state index in [-0.39, 0.29) is 12.4 Å². The van der Waals surface area contributed by atoms with Gasteiger partial charge in [0.1, 0.15) is 18.2 Å². The summed E-state index contributed by atoms with van der Waals surface area (Å²) in [5.74, 6) is 0.362. The zero-order valence-corrected chi connectivity index (χ0v) is 13.0. The smallest absolute Gasteiger partial charge is 0.131 e. The molecule has 4 heteroatoms. The summed E-state index contributed by atoms with van der Waals surface area (Å²) in [4.78, 5) is 2.23. The Balaban J connectivity index is 2.12. The van der Waals surface area contributed by atoms with Gasteiger partial charge in [-0.2, -0.15) is 0 Å². The van der Waals surface area contributed by atoms with Crippen LogP contribution in [0.25, 0.3) is 0 Å². The summed E-state index contributed by atoms with van der Waals surface area (Å²) < 4.78 is 19.4. The molecule has 0 N–H and O–H groups in total. The number of rotatable bonds is 6. The van der Waals surface area contributed by atoms with Crippen molar-refractivity contribution in [1.82, 2.24) is 0 Å². The number of nitrogens with zero attached hydrogens (tertiary/aromatic N) is 1. The van der Waals surface area contributed by atoms with Gasteiger partial charge in [-0.05, 0) is 38.1 Å². The number of anilines is 1. The average Bonchev–Trinajstić information content (AvgIpc) is 2.48. The lowest BCUT2D eigenvalue weighted by molar-refractivity contribution is 0.300. The van der Waals surface area contributed by atoms with Crippen molar-refractivity contribution >= 4 is 17.3 Å². The van der Waals surface area contributed by atoms with Gasteiger partial charge in [-0.3, -0.25) is 0 Å². The van der Waals surface area contributed by atoms with Crippen LogP contribution in [-0.4, -0.2) is 13.1 Å². The van der Waals surface area contributed by atoms with Gasteiger partial charge < -0.3 is 9.64 Å². The molecule has 0 fully saturated rings. The molecule has 21 heavy (non-hydrogen) atoms. The minimum Gasteiger partial charge on any atom is -0.489 e. The summed E-state index contributed by atoms with van der Waals surface area (Å²) in [6, 6.07) is 12.4. The van der Waals surface area contributed by atoms with E-state index in [0.717, 1.165) is 18.8 Å². The molecule has 2 nitrogen and oxygen atoms in total. The normalized spacial score (nSPS) is 10.5. The lowest BCUT2D eigenvalue weighted by atomic mass is 10.2. The van der Waals surface area contributed by atoms with Gasteiger partial charge in [-0.1, -0.05) is 23.7 Å². The van der Waals surface area contributed by atoms with Crippen molar-refractivity contribution in [2.45, 2.75) is 20.5 Å². The molecule has 0 aliphatic carbocycles. The Hall–Kier alpha value is -1.74. The Bertz CT molecular complexity index is 579. The Morgan fingerprint density at radius 2 is 1.81 bits per heavy atom. The Morgan fingerprint density at radius 1 is 1.10 bits per heavy atom. The summed E-state index contributed by atoms with van der Waals surface area (Å²) in [5, 5.41) is 0.384. The zero-order valence-electron chi connectivity index (χ0n) is 12.3. The molecule has 0 saturated carbocycles. The highest BCUT2D eigenvalue weighted by Crippen LogP contribution is 2.24. The van der Waals surface area contributed by atoms with Gasteiger partial charge in [0.05, 0.1) is 5.02 Å². The minimum absolute atomic E-state index is 0.118. The van der Waals surface area contributed by atoms with Gasteiger partial charge in [-0.25, -0.2) is 4.39 Å². The highest BCUT2D eigenvalue weighted by molar-refractivity contribution is 6.31. The van der Waals surface area contributed by atoms with E-state index < -0.39 is 0 Å². The van der Waals surface area contributed by atoms with E-state index in [1.165, 1.54) is 6.07 Å². The van der Waals surface area contributed by atoms with Crippen molar-refractivity contribution in [2.24, 2.45) is 0 Å². The first kappa shape index (κ1) is 15.6. The number of hydrogen-bond acceptors (Lipinski definition) is 2. The number of hydrogen-bond donors (Lipinski definition) is 0. The maximum absolute atomic E-state index is 13.7. The molecular weight excluding hydrogens is 289 g/mol. The molecule has 0 bridgehead atoms. The third kappa shape index (κ3) is 3.88. The molecular formula is C17H19ClFNO. The molecule has 0 aromatic heterocycles. The molecule has 0 radical (unpaired) electrons. The van der Waals surface area contributed by atoms with E-state index in [1.54, 1.807) is 12.1 Å². The molecule has 0 aliphatic rings. The van der Waals surface area contributed by atoms with E-state index in [4.69, 9.17) is 16.3 Å². The topological polar surface area (TPSA) is 12.5 Å². The number of halogens is 2. The van der Waals surface area contributed by atoms with E-state index in [1.807, 2.05) is 24.3 Å². The highest BCUT2D eigenvalue weighted by Gasteiger charge is 2.08. The van der Waals surface area contributed by atoms with E-state index in [0.29, 0.717) is 16.3 Å². The molecule has 0 unspecified atom stereocenters. The Kier molecular flexibility index (Phi) is 5.45. The molecule has 0 atom stereocenters. The Morgan fingerprint density at radius 3 is 2.48 bits per heavy atom. The monoisotopic (exact) mass is 307 g/mol. The minimum atomic E-state index is -0.345. The van der Waals surface area contributed by atoms with Crippen molar-refractivity contribution in [3.8, 4) is 5.75 Å². The van der Waals surface area contributed by atoms with Crippen molar-refractivity contribution in [3.63, 3.8) is 0 Å². The summed E-state index contributed by atoms with van der Waals surface area (Å²) >= 11 is 5.99. The number of benzene rings is 2. The van der Waals surface area contributed by atoms with Crippen molar-refractivity contribution in [2.75, 3.05) is 18.0 Å². The third-order valence-electron chi connectivity index (χ3n) is 3.39. The van der Waals surface area contributed by atoms with Gasteiger partial charge in [0.25, 0.3) is 0 Å². The summed E-state index contributed by atoms with van der Waals surface area (Å²) in [5.41, 5.74) is 1.48. The van der Waals surface area contributed by atoms with Crippen LogP contribution < -0.4 is 9.64 Å². The maximum atomic E-state index is 13.7. The molecule has 0 heterocycles. The molecule has 0 aliphatic heterocycles. The molecule has 2 aromatic rings. The summed E-state index contributed by atoms with van der Waals surface area (Å²) in [7, 11) is 0. The van der Waals surface area contributed by atoms with Crippen molar-refractivity contribution < 1.29 is 9.13 Å². The first-order chi connectivity index (χ1) is 10.2. The predicted octanol–water partition coefficient (Wildman–Crippen LogP) is 4.90. The lowest BCUT2D eigenvalue weighted by Gasteiger charge is -2.21. The second-order valence-corrected chi connectivity index (χ2v) is 5.07. The van der Waals surface area contributed by atoms with Crippen LogP contribution in [0.4, 0.5) is 10.1 Å². The fourth-order valence-electron chi connectivity index (χ4n) is 2.18. The van der Waals surface area contributed by atoms with Gasteiger partial charge in [0, 0.05) is 30.4 Å². The first-order valence-electron chi connectivity index (χ1n) is 7.06. The second-order valence-electron chi connectivity index (χ2n) is 4.66. The SMILES string of the molecule is CCN(CC)c1cccc(OCc2c(F)cccc2Cl)c1. The fourth-order valence-corrected chi connectivity index (χ4v) is 2.40. The highest BCUT2D eigenvalue weighted by atomic mass is 35.5. The molecule has 0 saturated heterocycles. The average molecular weight is 308 g/mol. The van der Waals surface area contributed by atoms with Crippen LogP contribution in [-0.2, 0) is 6.61 Å². The van der Waals surface area contributed by atoms with Gasteiger partial charge in [0.15, 0.2) is 0 Å². The fraction of sp³-hybridized carbons (Fsp3) is 0.294. The maximum Gasteiger partial charge on any atom is 0.131 e.